The second kappa shape index (κ2) is 5.86. The van der Waals surface area contributed by atoms with Crippen LogP contribution in [0.4, 0.5) is 0 Å². The van der Waals surface area contributed by atoms with Crippen molar-refractivity contribution < 1.29 is 9.90 Å². The predicted octanol–water partition coefficient (Wildman–Crippen LogP) is 2.94. The normalized spacial score (nSPS) is 15.7. The van der Waals surface area contributed by atoms with E-state index in [2.05, 4.69) is 5.32 Å². The first-order valence-electron chi connectivity index (χ1n) is 6.05. The lowest BCUT2D eigenvalue weighted by Crippen LogP contribution is -2.39. The second-order valence-corrected chi connectivity index (χ2v) is 6.34. The quantitative estimate of drug-likeness (QED) is 0.891. The van der Waals surface area contributed by atoms with Crippen molar-refractivity contribution in [3.05, 3.63) is 44.8 Å². The van der Waals surface area contributed by atoms with Gasteiger partial charge in [0.05, 0.1) is 12.5 Å². The Morgan fingerprint density at radius 1 is 1.37 bits per heavy atom. The maximum absolute atomic E-state index is 12.0. The molecule has 2 unspecified atom stereocenters. The molecule has 1 amide bonds. The lowest BCUT2D eigenvalue weighted by atomic mass is 9.98. The molecule has 0 fully saturated rings. The van der Waals surface area contributed by atoms with Crippen LogP contribution in [-0.4, -0.2) is 17.6 Å². The van der Waals surface area contributed by atoms with Gasteiger partial charge in [-0.15, -0.1) is 0 Å². The zero-order valence-corrected chi connectivity index (χ0v) is 12.6. The number of aliphatic hydroxyl groups is 1. The van der Waals surface area contributed by atoms with Gasteiger partial charge >= 0.3 is 0 Å². The van der Waals surface area contributed by atoms with Gasteiger partial charge in [-0.3, -0.25) is 4.79 Å². The molecule has 19 heavy (non-hydrogen) atoms. The van der Waals surface area contributed by atoms with Crippen LogP contribution in [0, 0.1) is 0 Å². The molecule has 2 aromatic rings. The molecule has 2 atom stereocenters. The smallest absolute Gasteiger partial charge is 0.227 e. The number of hydrogen-bond acceptors (Lipinski definition) is 4. The van der Waals surface area contributed by atoms with Crippen molar-refractivity contribution in [2.45, 2.75) is 25.4 Å². The highest BCUT2D eigenvalue weighted by Gasteiger charge is 2.25. The Morgan fingerprint density at radius 3 is 2.63 bits per heavy atom. The number of nitrogens with one attached hydrogen (secondary N) is 1. The molecule has 0 saturated heterocycles. The summed E-state index contributed by atoms with van der Waals surface area (Å²) in [4.78, 5) is 12.0. The molecule has 2 heterocycles. The van der Waals surface area contributed by atoms with Crippen LogP contribution in [0.3, 0.4) is 0 Å². The summed E-state index contributed by atoms with van der Waals surface area (Å²) in [6, 6.07) is 3.82. The van der Waals surface area contributed by atoms with E-state index >= 15 is 0 Å². The first-order valence-corrected chi connectivity index (χ1v) is 7.94. The van der Waals surface area contributed by atoms with Crippen LogP contribution in [0.5, 0.6) is 0 Å². The van der Waals surface area contributed by atoms with Gasteiger partial charge in [-0.25, -0.2) is 0 Å². The fraction of sp³-hybridized carbons (Fsp3) is 0.357. The summed E-state index contributed by atoms with van der Waals surface area (Å²) in [6.07, 6.45) is 0. The molecule has 0 radical (unpaired) electrons. The third-order valence-electron chi connectivity index (χ3n) is 3.19. The minimum absolute atomic E-state index is 0.0612. The highest BCUT2D eigenvalue weighted by molar-refractivity contribution is 7.08. The van der Waals surface area contributed by atoms with Gasteiger partial charge in [-0.2, -0.15) is 22.7 Å². The van der Waals surface area contributed by atoms with Crippen LogP contribution < -0.4 is 5.32 Å². The molecule has 0 bridgehead atoms. The molecule has 5 heteroatoms. The number of rotatable bonds is 5. The SMILES string of the molecule is CC(C(=O)NCC(C)(O)c1ccsc1)c1ccsc1. The van der Waals surface area contributed by atoms with E-state index in [1.165, 1.54) is 11.3 Å². The lowest BCUT2D eigenvalue weighted by Gasteiger charge is -2.23. The number of thiophene rings is 2. The fourth-order valence-electron chi connectivity index (χ4n) is 1.76. The highest BCUT2D eigenvalue weighted by Crippen LogP contribution is 2.23. The van der Waals surface area contributed by atoms with E-state index < -0.39 is 5.60 Å². The van der Waals surface area contributed by atoms with Gasteiger partial charge in [0.25, 0.3) is 0 Å². The van der Waals surface area contributed by atoms with Gasteiger partial charge < -0.3 is 10.4 Å². The van der Waals surface area contributed by atoms with Crippen molar-refractivity contribution in [3.8, 4) is 0 Å². The Kier molecular flexibility index (Phi) is 4.39. The number of carbonyl (C=O) groups excluding carboxylic acids is 1. The van der Waals surface area contributed by atoms with Crippen molar-refractivity contribution in [1.29, 1.82) is 0 Å². The van der Waals surface area contributed by atoms with Gasteiger partial charge in [0, 0.05) is 0 Å². The van der Waals surface area contributed by atoms with E-state index in [-0.39, 0.29) is 18.4 Å². The van der Waals surface area contributed by atoms with Gasteiger partial charge in [0.1, 0.15) is 5.60 Å². The zero-order chi connectivity index (χ0) is 13.9. The minimum atomic E-state index is -1.02. The average molecular weight is 295 g/mol. The van der Waals surface area contributed by atoms with Gasteiger partial charge in [-0.05, 0) is 58.6 Å². The van der Waals surface area contributed by atoms with Gasteiger partial charge in [-0.1, -0.05) is 0 Å². The van der Waals surface area contributed by atoms with E-state index in [1.807, 2.05) is 40.6 Å². The maximum Gasteiger partial charge on any atom is 0.227 e. The molecule has 0 aromatic carbocycles. The van der Waals surface area contributed by atoms with Crippen molar-refractivity contribution in [3.63, 3.8) is 0 Å². The lowest BCUT2D eigenvalue weighted by molar-refractivity contribution is -0.123. The van der Waals surface area contributed by atoms with Gasteiger partial charge in [0.2, 0.25) is 5.91 Å². The monoisotopic (exact) mass is 295 g/mol. The summed E-state index contributed by atoms with van der Waals surface area (Å²) in [5.74, 6) is -0.251. The largest absolute Gasteiger partial charge is 0.384 e. The highest BCUT2D eigenvalue weighted by atomic mass is 32.1. The minimum Gasteiger partial charge on any atom is -0.384 e. The van der Waals surface area contributed by atoms with Gasteiger partial charge in [0.15, 0.2) is 0 Å². The van der Waals surface area contributed by atoms with Crippen LogP contribution in [-0.2, 0) is 10.4 Å². The van der Waals surface area contributed by atoms with Crippen molar-refractivity contribution in [2.75, 3.05) is 6.54 Å². The molecule has 2 N–H and O–H groups in total. The summed E-state index contributed by atoms with van der Waals surface area (Å²) < 4.78 is 0. The third kappa shape index (κ3) is 3.43. The molecule has 0 aliphatic heterocycles. The van der Waals surface area contributed by atoms with E-state index in [9.17, 15) is 9.90 Å². The Hall–Kier alpha value is -1.17. The maximum atomic E-state index is 12.0. The summed E-state index contributed by atoms with van der Waals surface area (Å²) in [5.41, 5.74) is 0.822. The van der Waals surface area contributed by atoms with E-state index in [4.69, 9.17) is 0 Å². The van der Waals surface area contributed by atoms with E-state index in [0.717, 1.165) is 11.1 Å². The molecule has 102 valence electrons. The molecule has 0 saturated carbocycles. The summed E-state index contributed by atoms with van der Waals surface area (Å²) in [5, 5.41) is 20.9. The van der Waals surface area contributed by atoms with Crippen LogP contribution in [0.2, 0.25) is 0 Å². The van der Waals surface area contributed by atoms with Crippen LogP contribution in [0.25, 0.3) is 0 Å². The van der Waals surface area contributed by atoms with Crippen molar-refractivity contribution in [2.24, 2.45) is 0 Å². The topological polar surface area (TPSA) is 49.3 Å². The predicted molar refractivity (Wildman–Crippen MR) is 79.6 cm³/mol. The van der Waals surface area contributed by atoms with E-state index in [1.54, 1.807) is 18.3 Å². The van der Waals surface area contributed by atoms with Crippen LogP contribution >= 0.6 is 22.7 Å². The summed E-state index contributed by atoms with van der Waals surface area (Å²) >= 11 is 3.11. The second-order valence-electron chi connectivity index (χ2n) is 4.78. The van der Waals surface area contributed by atoms with Crippen molar-refractivity contribution in [1.82, 2.24) is 5.32 Å². The first-order chi connectivity index (χ1) is 9.00. The number of amides is 1. The molecular weight excluding hydrogens is 278 g/mol. The fourth-order valence-corrected chi connectivity index (χ4v) is 3.29. The molecule has 0 aliphatic carbocycles. The Bertz CT molecular complexity index is 518. The van der Waals surface area contributed by atoms with E-state index in [0.29, 0.717) is 0 Å². The summed E-state index contributed by atoms with van der Waals surface area (Å²) in [7, 11) is 0. The molecule has 0 spiro atoms. The molecule has 2 rings (SSSR count). The molecule has 2 aromatic heterocycles. The van der Waals surface area contributed by atoms with Crippen LogP contribution in [0.1, 0.15) is 30.9 Å². The Balaban J connectivity index is 1.94. The summed E-state index contributed by atoms with van der Waals surface area (Å²) in [6.45, 7) is 3.80. The van der Waals surface area contributed by atoms with Crippen LogP contribution in [0.15, 0.2) is 33.7 Å². The standard InChI is InChI=1S/C14H17NO2S2/c1-10(11-3-5-18-7-11)13(16)15-9-14(2,17)12-4-6-19-8-12/h3-8,10,17H,9H2,1-2H3,(H,15,16). The third-order valence-corrected chi connectivity index (χ3v) is 4.57. The Morgan fingerprint density at radius 2 is 2.05 bits per heavy atom. The number of hydrogen-bond donors (Lipinski definition) is 2. The molecular formula is C14H17NO2S2. The number of carbonyl (C=O) groups is 1. The molecule has 0 aliphatic rings. The van der Waals surface area contributed by atoms with Crippen molar-refractivity contribution >= 4 is 28.6 Å². The molecule has 3 nitrogen and oxygen atoms in total. The Labute approximate surface area is 120 Å². The zero-order valence-electron chi connectivity index (χ0n) is 10.9. The average Bonchev–Trinajstić information content (AvgIpc) is 3.06. The first kappa shape index (κ1) is 14.2.